The van der Waals surface area contributed by atoms with Gasteiger partial charge in [-0.3, -0.25) is 14.5 Å². The molecule has 1 saturated heterocycles. The van der Waals surface area contributed by atoms with Crippen LogP contribution in [0.5, 0.6) is 0 Å². The number of halogens is 3. The summed E-state index contributed by atoms with van der Waals surface area (Å²) >= 11 is -0.205. The molecule has 0 bridgehead atoms. The van der Waals surface area contributed by atoms with Crippen LogP contribution in [-0.4, -0.2) is 59.8 Å². The third-order valence-electron chi connectivity index (χ3n) is 5.24. The largest absolute Gasteiger partial charge is 0.446 e. The highest BCUT2D eigenvalue weighted by Gasteiger charge is 2.29. The molecular weight excluding hydrogens is 427 g/mol. The molecule has 2 aromatic rings. The van der Waals surface area contributed by atoms with Gasteiger partial charge in [-0.25, -0.2) is 0 Å². The summed E-state index contributed by atoms with van der Waals surface area (Å²) in [6.07, 6.45) is 0. The van der Waals surface area contributed by atoms with Gasteiger partial charge in [0.25, 0.3) is 5.91 Å². The second-order valence-corrected chi connectivity index (χ2v) is 8.57. The Kier molecular flexibility index (Phi) is 7.27. The van der Waals surface area contributed by atoms with E-state index < -0.39 is 5.51 Å². The number of piperazine rings is 1. The third-order valence-corrected chi connectivity index (χ3v) is 5.98. The summed E-state index contributed by atoms with van der Waals surface area (Å²) in [5.41, 5.74) is -1.06. The van der Waals surface area contributed by atoms with E-state index in [2.05, 4.69) is 5.32 Å². The first-order chi connectivity index (χ1) is 14.6. The molecule has 0 spiro atoms. The van der Waals surface area contributed by atoms with E-state index in [1.165, 1.54) is 24.3 Å². The lowest BCUT2D eigenvalue weighted by atomic mass is 10.1. The van der Waals surface area contributed by atoms with E-state index in [-0.39, 0.29) is 35.0 Å². The molecule has 1 fully saturated rings. The summed E-state index contributed by atoms with van der Waals surface area (Å²) in [6, 6.07) is 11.2. The number of hydrogen-bond donors (Lipinski definition) is 1. The summed E-state index contributed by atoms with van der Waals surface area (Å²) in [6.45, 7) is 6.19. The van der Waals surface area contributed by atoms with Crippen LogP contribution in [0.1, 0.15) is 21.5 Å². The first-order valence-corrected chi connectivity index (χ1v) is 10.7. The number of thioether (sulfide) groups is 1. The Morgan fingerprint density at radius 3 is 2.26 bits per heavy atom. The van der Waals surface area contributed by atoms with Crippen molar-refractivity contribution in [2.45, 2.75) is 24.3 Å². The predicted octanol–water partition coefficient (Wildman–Crippen LogP) is 4.31. The lowest BCUT2D eigenvalue weighted by molar-refractivity contribution is -0.117. The van der Waals surface area contributed by atoms with Crippen molar-refractivity contribution >= 4 is 29.3 Å². The van der Waals surface area contributed by atoms with Crippen LogP contribution in [-0.2, 0) is 4.79 Å². The minimum Gasteiger partial charge on any atom is -0.336 e. The SMILES string of the molecule is Cc1cccc(NC(=O)CN2CCN(C(=O)c3ccc(SC(F)(F)F)cc3)CC2)c1C. The van der Waals surface area contributed by atoms with E-state index in [0.717, 1.165) is 16.8 Å². The standard InChI is InChI=1S/C22H24F3N3O2S/c1-15-4-3-5-19(16(15)2)26-20(29)14-27-10-12-28(13-11-27)21(30)17-6-8-18(9-7-17)31-22(23,24)25/h3-9H,10-14H2,1-2H3,(H,26,29). The average Bonchev–Trinajstić information content (AvgIpc) is 2.71. The second-order valence-electron chi connectivity index (χ2n) is 7.44. The Morgan fingerprint density at radius 1 is 1.00 bits per heavy atom. The van der Waals surface area contributed by atoms with Crippen molar-refractivity contribution in [2.24, 2.45) is 0 Å². The lowest BCUT2D eigenvalue weighted by Gasteiger charge is -2.34. The van der Waals surface area contributed by atoms with Gasteiger partial charge >= 0.3 is 5.51 Å². The van der Waals surface area contributed by atoms with Gasteiger partial charge in [-0.2, -0.15) is 13.2 Å². The van der Waals surface area contributed by atoms with Crippen LogP contribution in [0.2, 0.25) is 0 Å². The number of benzene rings is 2. The fourth-order valence-corrected chi connectivity index (χ4v) is 3.91. The topological polar surface area (TPSA) is 52.7 Å². The van der Waals surface area contributed by atoms with Gasteiger partial charge in [0, 0.05) is 42.3 Å². The maximum absolute atomic E-state index is 12.6. The van der Waals surface area contributed by atoms with Gasteiger partial charge in [-0.1, -0.05) is 12.1 Å². The molecule has 1 N–H and O–H groups in total. The predicted molar refractivity (Wildman–Crippen MR) is 115 cm³/mol. The van der Waals surface area contributed by atoms with E-state index in [4.69, 9.17) is 0 Å². The van der Waals surface area contributed by atoms with Crippen LogP contribution in [0, 0.1) is 13.8 Å². The van der Waals surface area contributed by atoms with Crippen LogP contribution < -0.4 is 5.32 Å². The first-order valence-electron chi connectivity index (χ1n) is 9.86. The Hall–Kier alpha value is -2.52. The zero-order valence-electron chi connectivity index (χ0n) is 17.3. The number of nitrogens with zero attached hydrogens (tertiary/aromatic N) is 2. The summed E-state index contributed by atoms with van der Waals surface area (Å²) < 4.78 is 37.3. The first kappa shape index (κ1) is 23.1. The van der Waals surface area contributed by atoms with Crippen LogP contribution in [0.15, 0.2) is 47.4 Å². The van der Waals surface area contributed by atoms with Crippen molar-refractivity contribution in [3.05, 3.63) is 59.2 Å². The number of hydrogen-bond acceptors (Lipinski definition) is 4. The molecule has 5 nitrogen and oxygen atoms in total. The van der Waals surface area contributed by atoms with Gasteiger partial charge in [0.15, 0.2) is 0 Å². The number of aryl methyl sites for hydroxylation is 1. The molecule has 1 aliphatic heterocycles. The highest BCUT2D eigenvalue weighted by molar-refractivity contribution is 8.00. The van der Waals surface area contributed by atoms with Crippen molar-refractivity contribution < 1.29 is 22.8 Å². The molecule has 1 heterocycles. The van der Waals surface area contributed by atoms with Gasteiger partial charge in [0.2, 0.25) is 5.91 Å². The number of alkyl halides is 3. The fraction of sp³-hybridized carbons (Fsp3) is 0.364. The molecule has 0 aromatic heterocycles. The van der Waals surface area contributed by atoms with Gasteiger partial charge in [0.1, 0.15) is 0 Å². The summed E-state index contributed by atoms with van der Waals surface area (Å²) in [5, 5.41) is 2.94. The molecule has 3 rings (SSSR count). The van der Waals surface area contributed by atoms with Crippen LogP contribution in [0.3, 0.4) is 0 Å². The Morgan fingerprint density at radius 2 is 1.65 bits per heavy atom. The number of rotatable bonds is 5. The van der Waals surface area contributed by atoms with Crippen molar-refractivity contribution in [3.63, 3.8) is 0 Å². The van der Waals surface area contributed by atoms with E-state index in [1.807, 2.05) is 36.9 Å². The molecule has 1 aliphatic rings. The Bertz CT molecular complexity index is 940. The highest BCUT2D eigenvalue weighted by Crippen LogP contribution is 2.36. The maximum atomic E-state index is 12.6. The number of amides is 2. The zero-order valence-corrected chi connectivity index (χ0v) is 18.1. The Balaban J connectivity index is 1.49. The third kappa shape index (κ3) is 6.48. The van der Waals surface area contributed by atoms with E-state index in [9.17, 15) is 22.8 Å². The van der Waals surface area contributed by atoms with Crippen LogP contribution >= 0.6 is 11.8 Å². The summed E-state index contributed by atoms with van der Waals surface area (Å²) in [7, 11) is 0. The smallest absolute Gasteiger partial charge is 0.336 e. The lowest BCUT2D eigenvalue weighted by Crippen LogP contribution is -2.50. The molecule has 2 amide bonds. The number of anilines is 1. The normalized spacial score (nSPS) is 15.1. The second kappa shape index (κ2) is 9.74. The van der Waals surface area contributed by atoms with Crippen molar-refractivity contribution in [1.82, 2.24) is 9.80 Å². The molecule has 0 atom stereocenters. The average molecular weight is 452 g/mol. The van der Waals surface area contributed by atoms with Crippen molar-refractivity contribution in [2.75, 3.05) is 38.0 Å². The molecule has 31 heavy (non-hydrogen) atoms. The number of nitrogens with one attached hydrogen (secondary N) is 1. The van der Waals surface area contributed by atoms with E-state index >= 15 is 0 Å². The molecule has 166 valence electrons. The molecule has 0 aliphatic carbocycles. The zero-order chi connectivity index (χ0) is 22.6. The quantitative estimate of drug-likeness (QED) is 0.689. The fourth-order valence-electron chi connectivity index (χ4n) is 3.37. The van der Waals surface area contributed by atoms with Crippen LogP contribution in [0.25, 0.3) is 0 Å². The highest BCUT2D eigenvalue weighted by atomic mass is 32.2. The minimum atomic E-state index is -4.35. The number of carbonyl (C=O) groups excluding carboxylic acids is 2. The molecular formula is C22H24F3N3O2S. The van der Waals surface area contributed by atoms with Gasteiger partial charge in [-0.15, -0.1) is 0 Å². The molecule has 0 radical (unpaired) electrons. The maximum Gasteiger partial charge on any atom is 0.446 e. The molecule has 2 aromatic carbocycles. The van der Waals surface area contributed by atoms with Gasteiger partial charge in [0.05, 0.1) is 6.54 Å². The van der Waals surface area contributed by atoms with Gasteiger partial charge in [-0.05, 0) is 67.1 Å². The van der Waals surface area contributed by atoms with E-state index in [1.54, 1.807) is 4.90 Å². The van der Waals surface area contributed by atoms with E-state index in [0.29, 0.717) is 31.7 Å². The van der Waals surface area contributed by atoms with Crippen molar-refractivity contribution in [1.29, 1.82) is 0 Å². The Labute approximate surface area is 183 Å². The minimum absolute atomic E-state index is 0.0451. The number of carbonyl (C=O) groups is 2. The molecule has 0 saturated carbocycles. The molecule has 0 unspecified atom stereocenters. The van der Waals surface area contributed by atoms with Gasteiger partial charge < -0.3 is 10.2 Å². The summed E-state index contributed by atoms with van der Waals surface area (Å²) in [4.78, 5) is 28.7. The van der Waals surface area contributed by atoms with Crippen LogP contribution in [0.4, 0.5) is 18.9 Å². The summed E-state index contributed by atoms with van der Waals surface area (Å²) in [5.74, 6) is -0.325. The molecule has 9 heteroatoms. The van der Waals surface area contributed by atoms with Crippen molar-refractivity contribution in [3.8, 4) is 0 Å². The monoisotopic (exact) mass is 451 g/mol.